The van der Waals surface area contributed by atoms with Crippen molar-refractivity contribution in [3.63, 3.8) is 0 Å². The molecule has 166 valence electrons. The summed E-state index contributed by atoms with van der Waals surface area (Å²) >= 11 is 0. The molecule has 0 fully saturated rings. The zero-order valence-corrected chi connectivity index (χ0v) is 18.5. The quantitative estimate of drug-likeness (QED) is 0.537. The number of aromatic nitrogens is 4. The Bertz CT molecular complexity index is 1190. The third-order valence-corrected chi connectivity index (χ3v) is 5.56. The molecule has 1 atom stereocenters. The van der Waals surface area contributed by atoms with Gasteiger partial charge in [0.2, 0.25) is 5.95 Å². The molecule has 9 nitrogen and oxygen atoms in total. The van der Waals surface area contributed by atoms with Crippen LogP contribution in [0.5, 0.6) is 5.75 Å². The highest BCUT2D eigenvalue weighted by molar-refractivity contribution is 5.77. The average molecular weight is 428 g/mol. The molecule has 4 rings (SSSR count). The molecule has 0 spiro atoms. The zero-order valence-electron chi connectivity index (χ0n) is 18.5. The van der Waals surface area contributed by atoms with Crippen molar-refractivity contribution in [2.45, 2.75) is 33.9 Å². The fraction of sp³-hybridized carbons (Fsp3) is 0.500. The van der Waals surface area contributed by atoms with Gasteiger partial charge in [0.05, 0.1) is 19.8 Å². The van der Waals surface area contributed by atoms with Gasteiger partial charge in [-0.1, -0.05) is 6.92 Å². The second-order valence-corrected chi connectivity index (χ2v) is 7.83. The maximum atomic E-state index is 13.3. The Kier molecular flexibility index (Phi) is 5.86. The first kappa shape index (κ1) is 21.2. The molecule has 1 aromatic carbocycles. The Labute approximate surface area is 180 Å². The van der Waals surface area contributed by atoms with Gasteiger partial charge >= 0.3 is 5.69 Å². The summed E-state index contributed by atoms with van der Waals surface area (Å²) in [4.78, 5) is 32.9. The minimum atomic E-state index is -0.381. The van der Waals surface area contributed by atoms with Crippen LogP contribution in [0.25, 0.3) is 11.2 Å². The smallest absolute Gasteiger partial charge is 0.332 e. The highest BCUT2D eigenvalue weighted by Crippen LogP contribution is 2.33. The van der Waals surface area contributed by atoms with E-state index >= 15 is 0 Å². The Hall–Kier alpha value is -3.07. The summed E-state index contributed by atoms with van der Waals surface area (Å²) in [6, 6.07) is 7.85. The van der Waals surface area contributed by atoms with Crippen LogP contribution in [0.3, 0.4) is 0 Å². The van der Waals surface area contributed by atoms with Crippen LogP contribution in [0.2, 0.25) is 0 Å². The lowest BCUT2D eigenvalue weighted by molar-refractivity contribution is 0.137. The highest BCUT2D eigenvalue weighted by atomic mass is 16.5. The van der Waals surface area contributed by atoms with Gasteiger partial charge in [-0.3, -0.25) is 13.9 Å². The van der Waals surface area contributed by atoms with Gasteiger partial charge < -0.3 is 18.9 Å². The second kappa shape index (κ2) is 8.58. The van der Waals surface area contributed by atoms with Crippen molar-refractivity contribution in [3.05, 3.63) is 45.1 Å². The van der Waals surface area contributed by atoms with E-state index in [2.05, 4.69) is 11.8 Å². The largest absolute Gasteiger partial charge is 0.494 e. The van der Waals surface area contributed by atoms with Crippen LogP contribution in [-0.2, 0) is 24.9 Å². The Morgan fingerprint density at radius 3 is 2.52 bits per heavy atom. The van der Waals surface area contributed by atoms with Gasteiger partial charge in [0, 0.05) is 32.4 Å². The number of fused-ring (bicyclic) bond motifs is 3. The maximum absolute atomic E-state index is 13.3. The molecule has 0 N–H and O–H groups in total. The number of hydrogen-bond acceptors (Lipinski definition) is 6. The van der Waals surface area contributed by atoms with Gasteiger partial charge in [0.1, 0.15) is 5.75 Å². The molecule has 0 bridgehead atoms. The van der Waals surface area contributed by atoms with Gasteiger partial charge in [-0.25, -0.2) is 4.79 Å². The van der Waals surface area contributed by atoms with Crippen molar-refractivity contribution < 1.29 is 9.47 Å². The summed E-state index contributed by atoms with van der Waals surface area (Å²) in [5, 5.41) is 0. The van der Waals surface area contributed by atoms with Crippen molar-refractivity contribution in [2.75, 3.05) is 31.3 Å². The van der Waals surface area contributed by atoms with Crippen molar-refractivity contribution in [2.24, 2.45) is 13.0 Å². The Balaban J connectivity index is 1.85. The van der Waals surface area contributed by atoms with E-state index in [4.69, 9.17) is 14.5 Å². The van der Waals surface area contributed by atoms with Crippen molar-refractivity contribution in [1.82, 2.24) is 18.7 Å². The molecule has 1 aliphatic rings. The molecular weight excluding hydrogens is 398 g/mol. The predicted octanol–water partition coefficient (Wildman–Crippen LogP) is 2.12. The molecule has 3 heterocycles. The van der Waals surface area contributed by atoms with E-state index in [-0.39, 0.29) is 17.8 Å². The molecule has 0 aliphatic carbocycles. The number of benzene rings is 1. The second-order valence-electron chi connectivity index (χ2n) is 7.83. The van der Waals surface area contributed by atoms with Gasteiger partial charge in [-0.05, 0) is 44.0 Å². The lowest BCUT2D eigenvalue weighted by Crippen LogP contribution is -2.41. The van der Waals surface area contributed by atoms with E-state index in [1.165, 1.54) is 9.13 Å². The number of ether oxygens (including phenoxy) is 2. The number of nitrogens with zero attached hydrogens (tertiary/aromatic N) is 5. The molecule has 1 unspecified atom stereocenters. The molecule has 1 aliphatic heterocycles. The van der Waals surface area contributed by atoms with Crippen molar-refractivity contribution in [3.8, 4) is 5.75 Å². The molecule has 0 amide bonds. The minimum absolute atomic E-state index is 0.216. The molecule has 31 heavy (non-hydrogen) atoms. The first-order valence-electron chi connectivity index (χ1n) is 10.7. The number of anilines is 2. The summed E-state index contributed by atoms with van der Waals surface area (Å²) in [6.07, 6.45) is 0. The minimum Gasteiger partial charge on any atom is -0.494 e. The fourth-order valence-corrected chi connectivity index (χ4v) is 4.11. The predicted molar refractivity (Wildman–Crippen MR) is 120 cm³/mol. The summed E-state index contributed by atoms with van der Waals surface area (Å²) in [7, 11) is 1.66. The van der Waals surface area contributed by atoms with E-state index in [9.17, 15) is 9.59 Å². The number of imidazole rings is 1. The third-order valence-electron chi connectivity index (χ3n) is 5.56. The van der Waals surface area contributed by atoms with Crippen LogP contribution in [0.1, 0.15) is 20.8 Å². The van der Waals surface area contributed by atoms with E-state index in [0.717, 1.165) is 18.0 Å². The van der Waals surface area contributed by atoms with Crippen molar-refractivity contribution in [1.29, 1.82) is 0 Å². The molecule has 9 heteroatoms. The summed E-state index contributed by atoms with van der Waals surface area (Å²) < 4.78 is 15.6. The first-order chi connectivity index (χ1) is 15.0. The standard InChI is InChI=1S/C22H29N5O4/c1-5-30-12-11-25-20(28)18-19(24(4)22(25)29)23-21-26(13-15(3)14-27(18)21)16-7-9-17(10-8-16)31-6-2/h7-10,15H,5-6,11-14H2,1-4H3. The van der Waals surface area contributed by atoms with Gasteiger partial charge in [-0.15, -0.1) is 0 Å². The Morgan fingerprint density at radius 2 is 1.84 bits per heavy atom. The topological polar surface area (TPSA) is 83.5 Å². The normalized spacial score (nSPS) is 16.0. The SMILES string of the molecule is CCOCCn1c(=O)c2c(nc3n2CC(C)CN3c2ccc(OCC)cc2)n(C)c1=O. The van der Waals surface area contributed by atoms with E-state index in [0.29, 0.717) is 49.4 Å². The van der Waals surface area contributed by atoms with Gasteiger partial charge in [0.15, 0.2) is 11.2 Å². The highest BCUT2D eigenvalue weighted by Gasteiger charge is 2.29. The third kappa shape index (κ3) is 3.74. The Morgan fingerprint density at radius 1 is 1.10 bits per heavy atom. The number of rotatable bonds is 7. The van der Waals surface area contributed by atoms with Crippen LogP contribution < -0.4 is 20.9 Å². The molecule has 0 radical (unpaired) electrons. The molecule has 0 saturated carbocycles. The van der Waals surface area contributed by atoms with Crippen molar-refractivity contribution >= 4 is 22.8 Å². The molecular formula is C22H29N5O4. The van der Waals surface area contributed by atoms with Crippen LogP contribution in [0, 0.1) is 5.92 Å². The van der Waals surface area contributed by atoms with E-state index < -0.39 is 0 Å². The maximum Gasteiger partial charge on any atom is 0.332 e. The van der Waals surface area contributed by atoms with Gasteiger partial charge in [-0.2, -0.15) is 4.98 Å². The summed E-state index contributed by atoms with van der Waals surface area (Å²) in [5.74, 6) is 1.78. The van der Waals surface area contributed by atoms with Crippen LogP contribution in [0.4, 0.5) is 11.6 Å². The lowest BCUT2D eigenvalue weighted by Gasteiger charge is -2.33. The summed E-state index contributed by atoms with van der Waals surface area (Å²) in [6.45, 7) is 9.09. The summed E-state index contributed by atoms with van der Waals surface area (Å²) in [5.41, 5.74) is 1.12. The van der Waals surface area contributed by atoms with Crippen LogP contribution in [-0.4, -0.2) is 45.1 Å². The van der Waals surface area contributed by atoms with Crippen LogP contribution >= 0.6 is 0 Å². The van der Waals surface area contributed by atoms with Crippen LogP contribution in [0.15, 0.2) is 33.9 Å². The molecule has 2 aromatic heterocycles. The number of aryl methyl sites for hydroxylation is 1. The fourth-order valence-electron chi connectivity index (χ4n) is 4.11. The molecule has 0 saturated heterocycles. The lowest BCUT2D eigenvalue weighted by atomic mass is 10.1. The van der Waals surface area contributed by atoms with Gasteiger partial charge in [0.25, 0.3) is 5.56 Å². The van der Waals surface area contributed by atoms with E-state index in [1.54, 1.807) is 7.05 Å². The zero-order chi connectivity index (χ0) is 22.1. The molecule has 3 aromatic rings. The van der Waals surface area contributed by atoms with E-state index in [1.807, 2.05) is 42.7 Å². The average Bonchev–Trinajstić information content (AvgIpc) is 3.14. The number of hydrogen-bond donors (Lipinski definition) is 0. The monoisotopic (exact) mass is 427 g/mol. The first-order valence-corrected chi connectivity index (χ1v) is 10.7.